The minimum absolute atomic E-state index is 0.181. The molecule has 0 spiro atoms. The van der Waals surface area contributed by atoms with E-state index in [4.69, 9.17) is 28.4 Å². The molecule has 0 N–H and O–H groups in total. The summed E-state index contributed by atoms with van der Waals surface area (Å²) >= 11 is 0. The van der Waals surface area contributed by atoms with Crippen LogP contribution in [0, 0.1) is 0 Å². The lowest BCUT2D eigenvalue weighted by atomic mass is 9.93. The van der Waals surface area contributed by atoms with Crippen LogP contribution in [0.2, 0.25) is 0 Å². The summed E-state index contributed by atoms with van der Waals surface area (Å²) in [4.78, 5) is 0. The summed E-state index contributed by atoms with van der Waals surface area (Å²) in [7, 11) is 0. The summed E-state index contributed by atoms with van der Waals surface area (Å²) in [5.74, 6) is 1.44. The second-order valence-electron chi connectivity index (χ2n) is 13.8. The Balaban J connectivity index is 2.00. The fraction of sp³-hybridized carbons (Fsp3) is 0.571. The minimum Gasteiger partial charge on any atom is -0.490 e. The van der Waals surface area contributed by atoms with E-state index in [0.29, 0.717) is 70.5 Å². The maximum atomic E-state index is 13.0. The second-order valence-corrected chi connectivity index (χ2v) is 13.8. The predicted octanol–water partition coefficient (Wildman–Crippen LogP) is 13.8. The average Bonchev–Trinajstić information content (AvgIpc) is 3.13. The van der Waals surface area contributed by atoms with Crippen LogP contribution in [-0.4, -0.2) is 58.2 Å². The van der Waals surface area contributed by atoms with Gasteiger partial charge in [0.15, 0.2) is 34.5 Å². The highest BCUT2D eigenvalue weighted by Crippen LogP contribution is 2.47. The molecule has 0 aliphatic rings. The molecule has 318 valence electrons. The molecule has 0 unspecified atom stereocenters. The fourth-order valence-corrected chi connectivity index (χ4v) is 6.04. The van der Waals surface area contributed by atoms with Gasteiger partial charge in [-0.05, 0) is 107 Å². The molecule has 0 aliphatic carbocycles. The van der Waals surface area contributed by atoms with E-state index in [1.54, 1.807) is 36.4 Å². The lowest BCUT2D eigenvalue weighted by molar-refractivity contribution is -0.137. The molecule has 4 rings (SSSR count). The zero-order valence-electron chi connectivity index (χ0n) is 32.5. The molecule has 0 saturated carbocycles. The molecule has 15 heteroatoms. The number of fused-ring (bicyclic) bond motifs is 6. The van der Waals surface area contributed by atoms with Crippen LogP contribution in [-0.2, 0) is 0 Å². The summed E-state index contributed by atoms with van der Waals surface area (Å²) in [6.07, 6.45) is -12.7. The van der Waals surface area contributed by atoms with Crippen molar-refractivity contribution in [2.75, 3.05) is 39.6 Å². The van der Waals surface area contributed by atoms with Gasteiger partial charge in [0.05, 0.1) is 39.6 Å². The number of unbranched alkanes of at least 4 members (excludes halogenated alkanes) is 3. The van der Waals surface area contributed by atoms with E-state index >= 15 is 0 Å². The van der Waals surface area contributed by atoms with Crippen LogP contribution in [0.5, 0.6) is 34.5 Å². The largest absolute Gasteiger partial charge is 0.490 e. The predicted molar refractivity (Wildman–Crippen MR) is 203 cm³/mol. The lowest BCUT2D eigenvalue weighted by Gasteiger charge is -2.21. The standard InChI is InChI=1S/C42H51F9O6/c1-4-7-16-52-34-22-28-29-23-35(53-17-8-5-2)38(56-20-11-14-41(46,47)48)26-32(29)33-27-39(57-21-12-15-42(49,50)51)36(54-18-9-6-3)24-30(33)31(28)25-37(34)55-19-10-13-40(43,44)45/h22-27H,4-21H2,1-3H3. The SMILES string of the molecule is CCCCOc1cc2c3cc(OCCCC)c(OCCCC(F)(F)F)cc3c3cc(OCCCC(F)(F)F)c(OCCCC)cc3c2cc1OCCCC(F)(F)F. The van der Waals surface area contributed by atoms with Crippen LogP contribution >= 0.6 is 0 Å². The van der Waals surface area contributed by atoms with E-state index < -0.39 is 37.8 Å². The van der Waals surface area contributed by atoms with Gasteiger partial charge in [0.2, 0.25) is 0 Å². The molecule has 0 saturated heterocycles. The Morgan fingerprint density at radius 1 is 0.316 bits per heavy atom. The van der Waals surface area contributed by atoms with E-state index in [-0.39, 0.29) is 74.4 Å². The molecule has 0 aromatic heterocycles. The van der Waals surface area contributed by atoms with Crippen molar-refractivity contribution >= 4 is 32.3 Å². The number of benzene rings is 4. The lowest BCUT2D eigenvalue weighted by Crippen LogP contribution is -2.10. The molecule has 0 radical (unpaired) electrons. The van der Waals surface area contributed by atoms with Crippen molar-refractivity contribution in [1.29, 1.82) is 0 Å². The van der Waals surface area contributed by atoms with Crippen LogP contribution < -0.4 is 28.4 Å². The normalized spacial score (nSPS) is 12.4. The maximum absolute atomic E-state index is 13.0. The smallest absolute Gasteiger partial charge is 0.389 e. The Bertz CT molecular complexity index is 1870. The van der Waals surface area contributed by atoms with Gasteiger partial charge < -0.3 is 28.4 Å². The number of ether oxygens (including phenoxy) is 6. The molecular weight excluding hydrogens is 771 g/mol. The number of hydrogen-bond donors (Lipinski definition) is 0. The number of rotatable bonds is 24. The Morgan fingerprint density at radius 2 is 0.491 bits per heavy atom. The van der Waals surface area contributed by atoms with Crippen molar-refractivity contribution in [1.82, 2.24) is 0 Å². The molecule has 4 aromatic carbocycles. The Morgan fingerprint density at radius 3 is 0.649 bits per heavy atom. The van der Waals surface area contributed by atoms with E-state index in [2.05, 4.69) is 0 Å². The minimum atomic E-state index is -4.37. The third-order valence-electron chi connectivity index (χ3n) is 8.97. The first kappa shape index (κ1) is 45.5. The molecule has 0 fully saturated rings. The third-order valence-corrected chi connectivity index (χ3v) is 8.97. The molecule has 4 aromatic rings. The molecule has 0 heterocycles. The highest BCUT2D eigenvalue weighted by Gasteiger charge is 2.28. The van der Waals surface area contributed by atoms with Crippen LogP contribution in [0.25, 0.3) is 32.3 Å². The van der Waals surface area contributed by atoms with Crippen molar-refractivity contribution in [2.45, 2.75) is 116 Å². The number of halogens is 9. The summed E-state index contributed by atoms with van der Waals surface area (Å²) in [5, 5.41) is 3.51. The summed E-state index contributed by atoms with van der Waals surface area (Å²) < 4.78 is 153. The zero-order valence-corrected chi connectivity index (χ0v) is 32.5. The van der Waals surface area contributed by atoms with Gasteiger partial charge >= 0.3 is 18.5 Å². The first-order chi connectivity index (χ1) is 27.0. The molecular formula is C42H51F9O6. The number of hydrogen-bond acceptors (Lipinski definition) is 6. The summed E-state index contributed by atoms with van der Waals surface area (Å²) in [6, 6.07) is 10.2. The highest BCUT2D eigenvalue weighted by atomic mass is 19.4. The molecule has 57 heavy (non-hydrogen) atoms. The van der Waals surface area contributed by atoms with E-state index in [1.807, 2.05) is 20.8 Å². The van der Waals surface area contributed by atoms with Gasteiger partial charge in [0, 0.05) is 19.3 Å². The van der Waals surface area contributed by atoms with Crippen LogP contribution in [0.3, 0.4) is 0 Å². The van der Waals surface area contributed by atoms with Gasteiger partial charge in [-0.2, -0.15) is 39.5 Å². The fourth-order valence-electron chi connectivity index (χ4n) is 6.04. The van der Waals surface area contributed by atoms with E-state index in [9.17, 15) is 39.5 Å². The summed E-state index contributed by atoms with van der Waals surface area (Å²) in [5.41, 5.74) is 0. The maximum Gasteiger partial charge on any atom is 0.389 e. The molecule has 6 nitrogen and oxygen atoms in total. The Hall–Kier alpha value is -4.17. The first-order valence-electron chi connectivity index (χ1n) is 19.6. The van der Waals surface area contributed by atoms with Gasteiger partial charge in [0.1, 0.15) is 0 Å². The van der Waals surface area contributed by atoms with E-state index in [0.717, 1.165) is 19.3 Å². The van der Waals surface area contributed by atoms with Crippen molar-refractivity contribution in [3.8, 4) is 34.5 Å². The zero-order chi connectivity index (χ0) is 41.6. The monoisotopic (exact) mass is 822 g/mol. The van der Waals surface area contributed by atoms with Crippen molar-refractivity contribution in [2.24, 2.45) is 0 Å². The van der Waals surface area contributed by atoms with Crippen molar-refractivity contribution in [3.05, 3.63) is 36.4 Å². The Kier molecular flexibility index (Phi) is 16.8. The highest BCUT2D eigenvalue weighted by molar-refractivity contribution is 6.26. The second kappa shape index (κ2) is 21.0. The van der Waals surface area contributed by atoms with Gasteiger partial charge in [-0.1, -0.05) is 40.0 Å². The number of alkyl halides is 9. The molecule has 0 amide bonds. The van der Waals surface area contributed by atoms with Crippen molar-refractivity contribution < 1.29 is 67.9 Å². The molecule has 0 bridgehead atoms. The molecule has 0 atom stereocenters. The van der Waals surface area contributed by atoms with Gasteiger partial charge in [-0.3, -0.25) is 0 Å². The topological polar surface area (TPSA) is 55.4 Å². The van der Waals surface area contributed by atoms with Crippen LogP contribution in [0.1, 0.15) is 97.8 Å². The summed E-state index contributed by atoms with van der Waals surface area (Å²) in [6.45, 7) is 6.04. The average molecular weight is 823 g/mol. The van der Waals surface area contributed by atoms with E-state index in [1.165, 1.54) is 0 Å². The van der Waals surface area contributed by atoms with Gasteiger partial charge in [-0.25, -0.2) is 0 Å². The van der Waals surface area contributed by atoms with Gasteiger partial charge in [-0.15, -0.1) is 0 Å². The van der Waals surface area contributed by atoms with Crippen LogP contribution in [0.4, 0.5) is 39.5 Å². The van der Waals surface area contributed by atoms with Crippen molar-refractivity contribution in [3.63, 3.8) is 0 Å². The Labute approximate surface area is 326 Å². The molecule has 0 aliphatic heterocycles. The quantitative estimate of drug-likeness (QED) is 0.0399. The van der Waals surface area contributed by atoms with Crippen LogP contribution in [0.15, 0.2) is 36.4 Å². The first-order valence-corrected chi connectivity index (χ1v) is 19.6. The third kappa shape index (κ3) is 14.3. The van der Waals surface area contributed by atoms with Gasteiger partial charge in [0.25, 0.3) is 0 Å².